The maximum atomic E-state index is 13.3. The molecule has 2 fully saturated rings. The molecule has 1 aromatic heterocycles. The highest BCUT2D eigenvalue weighted by molar-refractivity contribution is 9.10. The lowest BCUT2D eigenvalue weighted by Gasteiger charge is -2.19. The minimum atomic E-state index is -0.765. The van der Waals surface area contributed by atoms with Crippen LogP contribution in [0.25, 0.3) is 22.2 Å². The maximum Gasteiger partial charge on any atom is 0.339 e. The van der Waals surface area contributed by atoms with E-state index in [-0.39, 0.29) is 40.5 Å². The number of aromatic nitrogens is 1. The number of nitrogens with zero attached hydrogens (tertiary/aromatic N) is 3. The lowest BCUT2D eigenvalue weighted by atomic mass is 9.81. The Hall–Kier alpha value is -4.77. The average Bonchev–Trinajstić information content (AvgIpc) is 3.28. The summed E-state index contributed by atoms with van der Waals surface area (Å²) in [6.07, 6.45) is 3.36. The maximum absolute atomic E-state index is 13.3. The van der Waals surface area contributed by atoms with Crippen molar-refractivity contribution < 1.29 is 28.8 Å². The van der Waals surface area contributed by atoms with Crippen LogP contribution in [0.2, 0.25) is 0 Å². The predicted molar refractivity (Wildman–Crippen MR) is 165 cm³/mol. The lowest BCUT2D eigenvalue weighted by molar-refractivity contribution is -0.385. The number of aryl methyl sites for hydroxylation is 1. The van der Waals surface area contributed by atoms with Crippen molar-refractivity contribution in [3.63, 3.8) is 0 Å². The second-order valence-corrected chi connectivity index (χ2v) is 11.9. The van der Waals surface area contributed by atoms with Gasteiger partial charge in [0.05, 0.1) is 39.2 Å². The van der Waals surface area contributed by atoms with Crippen molar-refractivity contribution in [2.75, 3.05) is 11.5 Å². The number of Topliss-reactive ketones (excluding diaryl/α,β-unsaturated/α-hetero) is 1. The van der Waals surface area contributed by atoms with Crippen LogP contribution in [-0.2, 0) is 14.3 Å². The molecule has 10 nitrogen and oxygen atoms in total. The van der Waals surface area contributed by atoms with Gasteiger partial charge in [-0.15, -0.1) is 0 Å². The number of carbonyl (C=O) groups is 4. The van der Waals surface area contributed by atoms with Gasteiger partial charge in [0, 0.05) is 32.6 Å². The fraction of sp³-hybridized carbons (Fsp3) is 0.242. The highest BCUT2D eigenvalue weighted by Gasteiger charge is 2.48. The minimum absolute atomic E-state index is 0.0624. The van der Waals surface area contributed by atoms with E-state index in [1.165, 1.54) is 23.1 Å². The van der Waals surface area contributed by atoms with E-state index < -0.39 is 23.3 Å². The Morgan fingerprint density at radius 2 is 1.66 bits per heavy atom. The monoisotopic (exact) mass is 655 g/mol. The number of esters is 1. The Morgan fingerprint density at radius 3 is 2.32 bits per heavy atom. The van der Waals surface area contributed by atoms with E-state index in [0.717, 1.165) is 25.7 Å². The van der Waals surface area contributed by atoms with Crippen molar-refractivity contribution in [1.29, 1.82) is 0 Å². The SMILES string of the molecule is Cc1ccc(C(=O)COC(=O)c2cc(-c3ccc(N4C(=O)C5CCCCC5C4=O)cc3)nc3ccc(Br)cc23)cc1[N+](=O)[O-]. The minimum Gasteiger partial charge on any atom is -0.454 e. The number of rotatable bonds is 7. The number of amides is 2. The van der Waals surface area contributed by atoms with Crippen molar-refractivity contribution >= 4 is 61.8 Å². The van der Waals surface area contributed by atoms with Crippen molar-refractivity contribution in [3.8, 4) is 11.3 Å². The van der Waals surface area contributed by atoms with Crippen molar-refractivity contribution in [1.82, 2.24) is 4.98 Å². The Labute approximate surface area is 260 Å². The fourth-order valence-electron chi connectivity index (χ4n) is 5.98. The molecule has 0 N–H and O–H groups in total. The van der Waals surface area contributed by atoms with Crippen LogP contribution in [0.4, 0.5) is 11.4 Å². The summed E-state index contributed by atoms with van der Waals surface area (Å²) >= 11 is 3.42. The number of pyridine rings is 1. The molecule has 2 aliphatic rings. The zero-order valence-electron chi connectivity index (χ0n) is 23.6. The number of hydrogen-bond donors (Lipinski definition) is 0. The number of imide groups is 1. The molecule has 3 aromatic carbocycles. The highest BCUT2D eigenvalue weighted by atomic mass is 79.9. The first-order valence-corrected chi connectivity index (χ1v) is 15.0. The zero-order chi connectivity index (χ0) is 31.1. The van der Waals surface area contributed by atoms with Crippen LogP contribution in [0.3, 0.4) is 0 Å². The summed E-state index contributed by atoms with van der Waals surface area (Å²) in [7, 11) is 0. The van der Waals surface area contributed by atoms with Gasteiger partial charge in [0.2, 0.25) is 17.6 Å². The molecule has 4 aromatic rings. The van der Waals surface area contributed by atoms with Gasteiger partial charge in [0.25, 0.3) is 5.69 Å². The van der Waals surface area contributed by atoms with E-state index in [9.17, 15) is 29.3 Å². The summed E-state index contributed by atoms with van der Waals surface area (Å²) in [6, 6.07) is 17.8. The first kappa shape index (κ1) is 29.3. The Balaban J connectivity index is 1.27. The number of ketones is 1. The lowest BCUT2D eigenvalue weighted by Crippen LogP contribution is -2.30. The van der Waals surface area contributed by atoms with Gasteiger partial charge in [-0.05, 0) is 56.2 Å². The molecular weight excluding hydrogens is 630 g/mol. The molecule has 1 saturated heterocycles. The number of halogens is 1. The largest absolute Gasteiger partial charge is 0.454 e. The van der Waals surface area contributed by atoms with Crippen molar-refractivity contribution in [3.05, 3.63) is 98.0 Å². The molecule has 0 radical (unpaired) electrons. The molecular formula is C33H26BrN3O7. The van der Waals surface area contributed by atoms with E-state index in [1.807, 2.05) is 0 Å². The van der Waals surface area contributed by atoms with E-state index in [1.54, 1.807) is 55.5 Å². The quantitative estimate of drug-likeness (QED) is 0.0714. The normalized spacial score (nSPS) is 17.9. The number of ether oxygens (including phenoxy) is 1. The van der Waals surface area contributed by atoms with E-state index in [0.29, 0.717) is 37.9 Å². The number of nitro groups is 1. The van der Waals surface area contributed by atoms with Crippen LogP contribution in [-0.4, -0.2) is 40.1 Å². The van der Waals surface area contributed by atoms with Gasteiger partial charge in [-0.2, -0.15) is 0 Å². The standard InChI is InChI=1S/C33H26BrN3O7/c1-18-6-7-20(14-29(18)37(42)43)30(38)17-44-33(41)26-16-28(35-27-13-10-21(34)15-25(26)27)19-8-11-22(12-9-19)36-31(39)23-4-2-3-5-24(23)32(36)40/h6-16,23-24H,2-5,17H2,1H3. The molecule has 1 aliphatic heterocycles. The number of hydrogen-bond acceptors (Lipinski definition) is 8. The molecule has 0 spiro atoms. The average molecular weight is 656 g/mol. The second kappa shape index (κ2) is 11.7. The number of fused-ring (bicyclic) bond motifs is 2. The smallest absolute Gasteiger partial charge is 0.339 e. The Bertz CT molecular complexity index is 1850. The summed E-state index contributed by atoms with van der Waals surface area (Å²) in [5.41, 5.74) is 2.56. The van der Waals surface area contributed by atoms with Crippen molar-refractivity contribution in [2.24, 2.45) is 11.8 Å². The van der Waals surface area contributed by atoms with Crippen LogP contribution in [0.5, 0.6) is 0 Å². The molecule has 2 atom stereocenters. The van der Waals surface area contributed by atoms with Gasteiger partial charge >= 0.3 is 5.97 Å². The molecule has 11 heteroatoms. The van der Waals surface area contributed by atoms with Crippen LogP contribution < -0.4 is 4.90 Å². The van der Waals surface area contributed by atoms with E-state index in [2.05, 4.69) is 15.9 Å². The van der Waals surface area contributed by atoms with Crippen LogP contribution in [0.15, 0.2) is 71.2 Å². The summed E-state index contributed by atoms with van der Waals surface area (Å²) < 4.78 is 6.10. The third-order valence-corrected chi connectivity index (χ3v) is 8.81. The summed E-state index contributed by atoms with van der Waals surface area (Å²) in [4.78, 5) is 68.9. The molecule has 1 aliphatic carbocycles. The van der Waals surface area contributed by atoms with Crippen LogP contribution in [0, 0.1) is 28.9 Å². The fourth-order valence-corrected chi connectivity index (χ4v) is 6.35. The topological polar surface area (TPSA) is 137 Å². The third-order valence-electron chi connectivity index (χ3n) is 8.32. The first-order valence-electron chi connectivity index (χ1n) is 14.2. The van der Waals surface area contributed by atoms with E-state index in [4.69, 9.17) is 9.72 Å². The molecule has 222 valence electrons. The van der Waals surface area contributed by atoms with Gasteiger partial charge in [-0.25, -0.2) is 9.78 Å². The number of anilines is 1. The molecule has 6 rings (SSSR count). The van der Waals surface area contributed by atoms with Gasteiger partial charge in [-0.3, -0.25) is 29.4 Å². The molecule has 44 heavy (non-hydrogen) atoms. The van der Waals surface area contributed by atoms with Gasteiger partial charge in [0.1, 0.15) is 0 Å². The summed E-state index contributed by atoms with van der Waals surface area (Å²) in [5.74, 6) is -2.15. The van der Waals surface area contributed by atoms with Gasteiger partial charge < -0.3 is 4.74 Å². The Morgan fingerprint density at radius 1 is 0.977 bits per heavy atom. The second-order valence-electron chi connectivity index (χ2n) is 11.0. The number of benzene rings is 3. The number of carbonyl (C=O) groups excluding carboxylic acids is 4. The molecule has 2 heterocycles. The third kappa shape index (κ3) is 5.39. The Kier molecular flexibility index (Phi) is 7.81. The molecule has 2 amide bonds. The highest BCUT2D eigenvalue weighted by Crippen LogP contribution is 2.40. The zero-order valence-corrected chi connectivity index (χ0v) is 25.2. The van der Waals surface area contributed by atoms with Gasteiger partial charge in [0.15, 0.2) is 6.61 Å². The summed E-state index contributed by atoms with van der Waals surface area (Å²) in [6.45, 7) is 0.961. The first-order chi connectivity index (χ1) is 21.1. The molecule has 1 saturated carbocycles. The molecule has 2 unspecified atom stereocenters. The van der Waals surface area contributed by atoms with E-state index >= 15 is 0 Å². The van der Waals surface area contributed by atoms with Crippen molar-refractivity contribution in [2.45, 2.75) is 32.6 Å². The van der Waals surface area contributed by atoms with Gasteiger partial charge in [-0.1, -0.05) is 53.0 Å². The van der Waals surface area contributed by atoms with Crippen LogP contribution in [0.1, 0.15) is 52.0 Å². The predicted octanol–water partition coefficient (Wildman–Crippen LogP) is 6.60. The summed E-state index contributed by atoms with van der Waals surface area (Å²) in [5, 5.41) is 11.8. The van der Waals surface area contributed by atoms with Crippen LogP contribution >= 0.6 is 15.9 Å². The molecule has 0 bridgehead atoms. The number of nitro benzene ring substituents is 1.